The van der Waals surface area contributed by atoms with Crippen LogP contribution in [-0.2, 0) is 4.79 Å². The Morgan fingerprint density at radius 1 is 1.16 bits per heavy atom. The average molecular weight is 439 g/mol. The van der Waals surface area contributed by atoms with Crippen molar-refractivity contribution >= 4 is 27.6 Å². The van der Waals surface area contributed by atoms with Crippen LogP contribution in [0, 0.1) is 0 Å². The smallest absolute Gasteiger partial charge is 0.281 e. The zero-order valence-corrected chi connectivity index (χ0v) is 18.3. The van der Waals surface area contributed by atoms with E-state index in [1.54, 1.807) is 13.1 Å². The Bertz CT molecular complexity index is 1010. The van der Waals surface area contributed by atoms with Gasteiger partial charge in [-0.3, -0.25) is 9.69 Å². The van der Waals surface area contributed by atoms with Gasteiger partial charge in [0.25, 0.3) is 5.19 Å². The van der Waals surface area contributed by atoms with Crippen LogP contribution in [0.2, 0.25) is 0 Å². The highest BCUT2D eigenvalue weighted by Crippen LogP contribution is 2.35. The molecule has 0 saturated carbocycles. The molecule has 31 heavy (non-hydrogen) atoms. The number of benzene rings is 1. The second kappa shape index (κ2) is 8.80. The second-order valence-corrected chi connectivity index (χ2v) is 9.16. The van der Waals surface area contributed by atoms with Crippen LogP contribution in [-0.4, -0.2) is 52.1 Å². The van der Waals surface area contributed by atoms with Crippen molar-refractivity contribution in [3.63, 3.8) is 0 Å². The van der Waals surface area contributed by atoms with E-state index in [2.05, 4.69) is 20.2 Å². The minimum absolute atomic E-state index is 0.0772. The van der Waals surface area contributed by atoms with E-state index >= 15 is 0 Å². The normalized spacial score (nSPS) is 23.1. The summed E-state index contributed by atoms with van der Waals surface area (Å²) in [6.45, 7) is 3.18. The van der Waals surface area contributed by atoms with Crippen molar-refractivity contribution in [2.45, 2.75) is 50.7 Å². The fourth-order valence-electron chi connectivity index (χ4n) is 4.81. The number of pyridine rings is 1. The lowest BCUT2D eigenvalue weighted by molar-refractivity contribution is -0.120. The summed E-state index contributed by atoms with van der Waals surface area (Å²) in [7, 11) is 0. The van der Waals surface area contributed by atoms with Gasteiger partial charge < -0.3 is 14.8 Å². The molecule has 1 N–H and O–H groups in total. The van der Waals surface area contributed by atoms with E-state index in [9.17, 15) is 4.79 Å². The third-order valence-electron chi connectivity index (χ3n) is 6.09. The first-order chi connectivity index (χ1) is 15.1. The molecule has 7 nitrogen and oxygen atoms in total. The largest absolute Gasteiger partial charge is 0.492 e. The maximum Gasteiger partial charge on any atom is 0.281 e. The molecule has 2 saturated heterocycles. The summed E-state index contributed by atoms with van der Waals surface area (Å²) >= 11 is 1.43. The van der Waals surface area contributed by atoms with Gasteiger partial charge in [-0.15, -0.1) is 0 Å². The Morgan fingerprint density at radius 2 is 1.90 bits per heavy atom. The van der Waals surface area contributed by atoms with E-state index in [0.29, 0.717) is 29.9 Å². The lowest BCUT2D eigenvalue weighted by atomic mass is 9.97. The molecular weight excluding hydrogens is 412 g/mol. The number of carbonyl (C=O) groups is 1. The quantitative estimate of drug-likeness (QED) is 0.601. The van der Waals surface area contributed by atoms with E-state index in [-0.39, 0.29) is 5.91 Å². The van der Waals surface area contributed by atoms with Crippen LogP contribution in [0.3, 0.4) is 0 Å². The van der Waals surface area contributed by atoms with Crippen molar-refractivity contribution in [1.29, 1.82) is 0 Å². The molecule has 0 spiro atoms. The molecule has 3 atom stereocenters. The number of rotatable bonds is 7. The standard InChI is InChI=1S/C23H26N4O3S/c1-15(28)25-16-13-17-4-5-18(14-16)27(17)11-12-29-19-6-8-20(9-7-19)30-23-26-21-3-2-10-24-22(21)31-23/h2-3,6-10,16-18H,4-5,11-14H2,1H3,(H,25,28)/t16?,17-,18+. The molecule has 1 aromatic carbocycles. The van der Waals surface area contributed by atoms with E-state index in [1.807, 2.05) is 36.4 Å². The molecule has 2 bridgehead atoms. The highest BCUT2D eigenvalue weighted by molar-refractivity contribution is 7.19. The van der Waals surface area contributed by atoms with Crippen molar-refractivity contribution in [1.82, 2.24) is 20.2 Å². The highest BCUT2D eigenvalue weighted by Gasteiger charge is 2.40. The van der Waals surface area contributed by atoms with Crippen LogP contribution in [0.1, 0.15) is 32.6 Å². The molecule has 5 rings (SSSR count). The molecule has 0 radical (unpaired) electrons. The van der Waals surface area contributed by atoms with Crippen LogP contribution in [0.4, 0.5) is 0 Å². The number of aromatic nitrogens is 2. The maximum atomic E-state index is 11.4. The molecule has 1 unspecified atom stereocenters. The molecule has 3 aromatic rings. The predicted octanol–water partition coefficient (Wildman–Crippen LogP) is 3.99. The molecular formula is C23H26N4O3S. The van der Waals surface area contributed by atoms with Gasteiger partial charge in [-0.05, 0) is 62.1 Å². The van der Waals surface area contributed by atoms with Crippen molar-refractivity contribution in [3.05, 3.63) is 42.6 Å². The zero-order chi connectivity index (χ0) is 21.2. The Kier molecular flexibility index (Phi) is 5.74. The van der Waals surface area contributed by atoms with Gasteiger partial charge in [0.2, 0.25) is 5.91 Å². The topological polar surface area (TPSA) is 76.6 Å². The monoisotopic (exact) mass is 438 g/mol. The van der Waals surface area contributed by atoms with E-state index in [0.717, 1.165) is 41.2 Å². The van der Waals surface area contributed by atoms with Crippen molar-refractivity contribution in [3.8, 4) is 16.7 Å². The molecule has 162 valence electrons. The summed E-state index contributed by atoms with van der Waals surface area (Å²) in [5, 5.41) is 3.68. The van der Waals surface area contributed by atoms with Crippen molar-refractivity contribution in [2.24, 2.45) is 0 Å². The van der Waals surface area contributed by atoms with Gasteiger partial charge in [0, 0.05) is 37.8 Å². The first-order valence-corrected chi connectivity index (χ1v) is 11.6. The van der Waals surface area contributed by atoms with Crippen LogP contribution >= 0.6 is 11.3 Å². The minimum Gasteiger partial charge on any atom is -0.492 e. The SMILES string of the molecule is CC(=O)NC1C[C@H]2CC[C@@H](C1)N2CCOc1ccc(Oc2nc3cccnc3s2)cc1. The first-order valence-electron chi connectivity index (χ1n) is 10.8. The average Bonchev–Trinajstić information content (AvgIpc) is 3.26. The van der Waals surface area contributed by atoms with Gasteiger partial charge >= 0.3 is 0 Å². The van der Waals surface area contributed by atoms with Crippen molar-refractivity contribution < 1.29 is 14.3 Å². The molecule has 2 aliphatic heterocycles. The molecule has 2 aliphatic rings. The van der Waals surface area contributed by atoms with Gasteiger partial charge in [-0.1, -0.05) is 11.3 Å². The third-order valence-corrected chi connectivity index (χ3v) is 6.94. The second-order valence-electron chi connectivity index (χ2n) is 8.22. The minimum atomic E-state index is 0.0772. The zero-order valence-electron chi connectivity index (χ0n) is 17.5. The fraction of sp³-hybridized carbons (Fsp3) is 0.435. The first kappa shape index (κ1) is 20.2. The summed E-state index contributed by atoms with van der Waals surface area (Å²) in [5.74, 6) is 1.64. The molecule has 4 heterocycles. The summed E-state index contributed by atoms with van der Waals surface area (Å²) in [6, 6.07) is 12.9. The van der Waals surface area contributed by atoms with Gasteiger partial charge in [0.15, 0.2) is 0 Å². The van der Waals surface area contributed by atoms with Crippen LogP contribution in [0.5, 0.6) is 16.7 Å². The number of nitrogens with zero attached hydrogens (tertiary/aromatic N) is 3. The summed E-state index contributed by atoms with van der Waals surface area (Å²) < 4.78 is 11.9. The number of nitrogens with one attached hydrogen (secondary N) is 1. The third kappa shape index (κ3) is 4.65. The maximum absolute atomic E-state index is 11.4. The Labute approximate surface area is 185 Å². The summed E-state index contributed by atoms with van der Waals surface area (Å²) in [4.78, 5) is 23.5. The number of hydrogen-bond donors (Lipinski definition) is 1. The lowest BCUT2D eigenvalue weighted by Gasteiger charge is -2.39. The molecule has 2 aromatic heterocycles. The number of fused-ring (bicyclic) bond motifs is 3. The van der Waals surface area contributed by atoms with E-state index < -0.39 is 0 Å². The van der Waals surface area contributed by atoms with Crippen molar-refractivity contribution in [2.75, 3.05) is 13.2 Å². The van der Waals surface area contributed by atoms with Crippen LogP contribution in [0.15, 0.2) is 42.6 Å². The Balaban J connectivity index is 1.11. The number of hydrogen-bond acceptors (Lipinski definition) is 7. The number of thiazole rings is 1. The fourth-order valence-corrected chi connectivity index (χ4v) is 5.59. The van der Waals surface area contributed by atoms with Crippen LogP contribution < -0.4 is 14.8 Å². The molecule has 0 aliphatic carbocycles. The number of carbonyl (C=O) groups excluding carboxylic acids is 1. The predicted molar refractivity (Wildman–Crippen MR) is 120 cm³/mol. The van der Waals surface area contributed by atoms with E-state index in [4.69, 9.17) is 9.47 Å². The lowest BCUT2D eigenvalue weighted by Crippen LogP contribution is -2.51. The highest BCUT2D eigenvalue weighted by atomic mass is 32.1. The van der Waals surface area contributed by atoms with E-state index in [1.165, 1.54) is 24.2 Å². The molecule has 1 amide bonds. The number of piperidine rings is 1. The van der Waals surface area contributed by atoms with Gasteiger partial charge in [0.1, 0.15) is 28.5 Å². The van der Waals surface area contributed by atoms with Crippen LogP contribution in [0.25, 0.3) is 10.3 Å². The Morgan fingerprint density at radius 3 is 2.61 bits per heavy atom. The number of ether oxygens (including phenoxy) is 2. The Hall–Kier alpha value is -2.71. The molecule has 2 fully saturated rings. The van der Waals surface area contributed by atoms with Gasteiger partial charge in [0.05, 0.1) is 0 Å². The summed E-state index contributed by atoms with van der Waals surface area (Å²) in [6.07, 6.45) is 6.28. The van der Waals surface area contributed by atoms with Gasteiger partial charge in [-0.25, -0.2) is 9.97 Å². The van der Waals surface area contributed by atoms with Gasteiger partial charge in [-0.2, -0.15) is 0 Å². The molecule has 8 heteroatoms. The summed E-state index contributed by atoms with van der Waals surface area (Å²) in [5.41, 5.74) is 0.845. The number of amides is 1.